The predicted molar refractivity (Wildman–Crippen MR) is 94.0 cm³/mol. The monoisotopic (exact) mass is 328 g/mol. The van der Waals surface area contributed by atoms with Crippen LogP contribution in [-0.4, -0.2) is 36.2 Å². The fraction of sp³-hybridized carbons (Fsp3) is 0.444. The van der Waals surface area contributed by atoms with Gasteiger partial charge in [0, 0.05) is 35.6 Å². The molecule has 24 heavy (non-hydrogen) atoms. The second-order valence-corrected chi connectivity index (χ2v) is 6.62. The van der Waals surface area contributed by atoms with Gasteiger partial charge in [0.05, 0.1) is 13.2 Å². The van der Waals surface area contributed by atoms with Gasteiger partial charge in [-0.25, -0.2) is 9.67 Å². The van der Waals surface area contributed by atoms with Crippen LogP contribution in [0.4, 0.5) is 0 Å². The maximum atomic E-state index is 9.91. The van der Waals surface area contributed by atoms with Crippen LogP contribution in [0.1, 0.15) is 25.4 Å². The highest BCUT2D eigenvalue weighted by Gasteiger charge is 2.21. The molecule has 2 heterocycles. The van der Waals surface area contributed by atoms with E-state index in [1.165, 1.54) is 0 Å². The molecule has 0 unspecified atom stereocenters. The van der Waals surface area contributed by atoms with Crippen molar-refractivity contribution in [2.75, 3.05) is 6.61 Å². The van der Waals surface area contributed by atoms with Crippen molar-refractivity contribution in [2.24, 2.45) is 13.0 Å². The van der Waals surface area contributed by atoms with Gasteiger partial charge in [-0.2, -0.15) is 5.10 Å². The zero-order valence-corrected chi connectivity index (χ0v) is 14.6. The normalized spacial score (nSPS) is 11.8. The van der Waals surface area contributed by atoms with Gasteiger partial charge in [0.15, 0.2) is 11.6 Å². The fourth-order valence-corrected chi connectivity index (χ4v) is 3.12. The Balaban J connectivity index is 2.24. The third-order valence-electron chi connectivity index (χ3n) is 4.32. The van der Waals surface area contributed by atoms with Crippen LogP contribution in [0.2, 0.25) is 0 Å². The lowest BCUT2D eigenvalue weighted by Gasteiger charge is -2.05. The van der Waals surface area contributed by atoms with Crippen LogP contribution in [0.5, 0.6) is 5.75 Å². The van der Waals surface area contributed by atoms with Crippen molar-refractivity contribution in [2.45, 2.75) is 33.7 Å². The molecule has 0 aliphatic heterocycles. The van der Waals surface area contributed by atoms with Crippen LogP contribution >= 0.6 is 0 Å². The molecule has 0 saturated carbocycles. The highest BCUT2D eigenvalue weighted by molar-refractivity contribution is 5.97. The number of phenolic OH excluding ortho intramolecular Hbond substituents is 1. The molecule has 0 radical (unpaired) electrons. The zero-order chi connectivity index (χ0) is 17.4. The van der Waals surface area contributed by atoms with E-state index in [4.69, 9.17) is 4.98 Å². The molecule has 0 saturated heterocycles. The second-order valence-electron chi connectivity index (χ2n) is 6.62. The smallest absolute Gasteiger partial charge is 0.160 e. The van der Waals surface area contributed by atoms with Gasteiger partial charge in [-0.05, 0) is 31.0 Å². The number of aromatic hydroxyl groups is 1. The first kappa shape index (κ1) is 16.5. The lowest BCUT2D eigenvalue weighted by Crippen LogP contribution is -2.07. The Kier molecular flexibility index (Phi) is 4.32. The summed E-state index contributed by atoms with van der Waals surface area (Å²) < 4.78 is 3.85. The molecule has 2 N–H and O–H groups in total. The summed E-state index contributed by atoms with van der Waals surface area (Å²) in [6, 6.07) is 5.36. The first-order valence-corrected chi connectivity index (χ1v) is 8.25. The van der Waals surface area contributed by atoms with E-state index >= 15 is 0 Å². The van der Waals surface area contributed by atoms with E-state index < -0.39 is 0 Å². The number of aromatic nitrogens is 4. The predicted octanol–water partition coefficient (Wildman–Crippen LogP) is 2.64. The summed E-state index contributed by atoms with van der Waals surface area (Å²) in [5, 5.41) is 24.8. The topological polar surface area (TPSA) is 76.1 Å². The average molecular weight is 328 g/mol. The van der Waals surface area contributed by atoms with E-state index in [1.807, 2.05) is 20.0 Å². The quantitative estimate of drug-likeness (QED) is 0.755. The third-order valence-corrected chi connectivity index (χ3v) is 4.32. The molecule has 0 amide bonds. The van der Waals surface area contributed by atoms with Crippen molar-refractivity contribution in [1.29, 1.82) is 0 Å². The lowest BCUT2D eigenvalue weighted by molar-refractivity contribution is 0.269. The molecule has 1 aromatic carbocycles. The maximum Gasteiger partial charge on any atom is 0.160 e. The molecule has 0 aliphatic rings. The minimum absolute atomic E-state index is 0.00649. The molecule has 0 bridgehead atoms. The van der Waals surface area contributed by atoms with Crippen LogP contribution in [0.15, 0.2) is 18.2 Å². The number of fused-ring (bicyclic) bond motifs is 1. The Hall–Kier alpha value is -2.34. The summed E-state index contributed by atoms with van der Waals surface area (Å²) in [5.74, 6) is 2.21. The van der Waals surface area contributed by atoms with Crippen molar-refractivity contribution in [3.05, 3.63) is 29.7 Å². The Morgan fingerprint density at radius 1 is 1.25 bits per heavy atom. The van der Waals surface area contributed by atoms with E-state index in [9.17, 15) is 10.2 Å². The largest absolute Gasteiger partial charge is 0.508 e. The number of phenols is 1. The summed E-state index contributed by atoms with van der Waals surface area (Å²) >= 11 is 0. The van der Waals surface area contributed by atoms with Crippen LogP contribution in [-0.2, 0) is 20.0 Å². The van der Waals surface area contributed by atoms with E-state index in [2.05, 4.69) is 23.5 Å². The number of hydrogen-bond donors (Lipinski definition) is 2. The maximum absolute atomic E-state index is 9.91. The Labute approximate surface area is 141 Å². The van der Waals surface area contributed by atoms with E-state index in [1.54, 1.807) is 16.8 Å². The van der Waals surface area contributed by atoms with Gasteiger partial charge in [0.1, 0.15) is 5.75 Å². The first-order chi connectivity index (χ1) is 11.4. The molecule has 0 aliphatic carbocycles. The van der Waals surface area contributed by atoms with Gasteiger partial charge in [-0.15, -0.1) is 0 Å². The first-order valence-electron chi connectivity index (χ1n) is 8.25. The van der Waals surface area contributed by atoms with Gasteiger partial charge >= 0.3 is 0 Å². The van der Waals surface area contributed by atoms with Crippen LogP contribution < -0.4 is 0 Å². The van der Waals surface area contributed by atoms with Gasteiger partial charge in [0.2, 0.25) is 0 Å². The standard InChI is InChI=1S/C18H24N4O2/c1-11(2)9-16-19-18(22(20-16)7-8-23)17-12(3)21(4)15-6-5-13(24)10-14(15)17/h5-6,10-11,23-24H,7-9H2,1-4H3. The highest BCUT2D eigenvalue weighted by Crippen LogP contribution is 2.35. The lowest BCUT2D eigenvalue weighted by atomic mass is 10.1. The van der Waals surface area contributed by atoms with Crippen molar-refractivity contribution >= 4 is 10.9 Å². The number of aliphatic hydroxyl groups excluding tert-OH is 1. The number of rotatable bonds is 5. The van der Waals surface area contributed by atoms with Crippen LogP contribution in [0.25, 0.3) is 22.3 Å². The highest BCUT2D eigenvalue weighted by atomic mass is 16.3. The van der Waals surface area contributed by atoms with Crippen LogP contribution in [0, 0.1) is 12.8 Å². The number of aliphatic hydroxyl groups is 1. The van der Waals surface area contributed by atoms with Gasteiger partial charge in [-0.1, -0.05) is 13.8 Å². The fourth-order valence-electron chi connectivity index (χ4n) is 3.12. The molecule has 2 aromatic heterocycles. The molecule has 0 spiro atoms. The van der Waals surface area contributed by atoms with Crippen molar-refractivity contribution < 1.29 is 10.2 Å². The average Bonchev–Trinajstić information content (AvgIpc) is 2.98. The molecule has 3 rings (SSSR count). The molecule has 6 nitrogen and oxygen atoms in total. The molecule has 6 heteroatoms. The number of benzene rings is 1. The summed E-state index contributed by atoms with van der Waals surface area (Å²) in [5.41, 5.74) is 3.04. The molecule has 0 atom stereocenters. The Bertz CT molecular complexity index is 877. The number of nitrogens with zero attached hydrogens (tertiary/aromatic N) is 4. The molecule has 0 fully saturated rings. The zero-order valence-electron chi connectivity index (χ0n) is 14.6. The van der Waals surface area contributed by atoms with E-state index in [0.29, 0.717) is 12.5 Å². The molecular formula is C18H24N4O2. The van der Waals surface area contributed by atoms with E-state index in [-0.39, 0.29) is 12.4 Å². The number of hydrogen-bond acceptors (Lipinski definition) is 4. The molecule has 128 valence electrons. The van der Waals surface area contributed by atoms with Crippen molar-refractivity contribution in [3.8, 4) is 17.1 Å². The van der Waals surface area contributed by atoms with Crippen molar-refractivity contribution in [1.82, 2.24) is 19.3 Å². The van der Waals surface area contributed by atoms with Gasteiger partial charge < -0.3 is 14.8 Å². The minimum atomic E-state index is 0.00649. The molecular weight excluding hydrogens is 304 g/mol. The van der Waals surface area contributed by atoms with Crippen LogP contribution in [0.3, 0.4) is 0 Å². The summed E-state index contributed by atoms with van der Waals surface area (Å²) in [6.45, 7) is 6.70. The van der Waals surface area contributed by atoms with Gasteiger partial charge in [-0.3, -0.25) is 0 Å². The summed E-state index contributed by atoms with van der Waals surface area (Å²) in [7, 11) is 2.00. The third kappa shape index (κ3) is 2.78. The molecule has 3 aromatic rings. The van der Waals surface area contributed by atoms with Crippen molar-refractivity contribution in [3.63, 3.8) is 0 Å². The summed E-state index contributed by atoms with van der Waals surface area (Å²) in [6.07, 6.45) is 0.792. The minimum Gasteiger partial charge on any atom is -0.508 e. The van der Waals surface area contributed by atoms with Gasteiger partial charge in [0.25, 0.3) is 0 Å². The SMILES string of the molecule is Cc1c(-c2nc(CC(C)C)nn2CCO)c2cc(O)ccc2n1C. The summed E-state index contributed by atoms with van der Waals surface area (Å²) in [4.78, 5) is 4.74. The Morgan fingerprint density at radius 3 is 2.67 bits per heavy atom. The Morgan fingerprint density at radius 2 is 2.00 bits per heavy atom. The van der Waals surface area contributed by atoms with E-state index in [0.717, 1.165) is 40.2 Å². The second kappa shape index (κ2) is 6.28. The number of aryl methyl sites for hydroxylation is 1.